The van der Waals surface area contributed by atoms with Gasteiger partial charge in [-0.05, 0) is 55.2 Å². The van der Waals surface area contributed by atoms with E-state index in [1.165, 1.54) is 69.5 Å². The van der Waals surface area contributed by atoms with E-state index in [4.69, 9.17) is 4.74 Å². The first-order chi connectivity index (χ1) is 10.8. The highest BCUT2D eigenvalue weighted by Crippen LogP contribution is 2.56. The van der Waals surface area contributed by atoms with E-state index in [1.54, 1.807) is 7.11 Å². The van der Waals surface area contributed by atoms with Crippen molar-refractivity contribution < 1.29 is 9.84 Å². The van der Waals surface area contributed by atoms with Gasteiger partial charge in [0.15, 0.2) is 0 Å². The summed E-state index contributed by atoms with van der Waals surface area (Å²) in [5.41, 5.74) is 1.62. The molecule has 0 aromatic heterocycles. The molecular formula is C19H29O2P. The molecule has 1 N–H and O–H groups in total. The smallest absolute Gasteiger partial charge is 0.123 e. The van der Waals surface area contributed by atoms with Gasteiger partial charge < -0.3 is 9.84 Å². The SMILES string of the molecule is COc1ccc(O)c(P(C2CCCCC2)C2CCCCC2)c1. The van der Waals surface area contributed by atoms with E-state index < -0.39 is 0 Å². The summed E-state index contributed by atoms with van der Waals surface area (Å²) in [7, 11) is 1.46. The third kappa shape index (κ3) is 3.59. The number of hydrogen-bond donors (Lipinski definition) is 1. The highest BCUT2D eigenvalue weighted by Gasteiger charge is 2.33. The van der Waals surface area contributed by atoms with Crippen LogP contribution in [0.4, 0.5) is 0 Å². The van der Waals surface area contributed by atoms with Crippen molar-refractivity contribution in [3.8, 4) is 11.5 Å². The highest BCUT2D eigenvalue weighted by molar-refractivity contribution is 7.67. The second-order valence-corrected chi connectivity index (χ2v) is 9.60. The average molecular weight is 320 g/mol. The molecule has 2 aliphatic carbocycles. The Morgan fingerprint density at radius 1 is 0.909 bits per heavy atom. The van der Waals surface area contributed by atoms with Crippen LogP contribution in [0.15, 0.2) is 18.2 Å². The van der Waals surface area contributed by atoms with Gasteiger partial charge in [-0.1, -0.05) is 46.4 Å². The van der Waals surface area contributed by atoms with E-state index >= 15 is 0 Å². The van der Waals surface area contributed by atoms with Crippen molar-refractivity contribution in [2.24, 2.45) is 0 Å². The predicted octanol–water partition coefficient (Wildman–Crippen LogP) is 5.17. The van der Waals surface area contributed by atoms with Crippen molar-refractivity contribution >= 4 is 13.2 Å². The Bertz CT molecular complexity index is 458. The third-order valence-corrected chi connectivity index (χ3v) is 8.92. The standard InChI is InChI=1S/C19H29O2P/c1-21-15-12-13-18(20)19(14-15)22(16-8-4-2-5-9-16)17-10-6-3-7-11-17/h12-14,16-17,20H,2-11H2,1H3. The summed E-state index contributed by atoms with van der Waals surface area (Å²) in [6, 6.07) is 5.85. The van der Waals surface area contributed by atoms with Crippen LogP contribution in [0.3, 0.4) is 0 Å². The number of phenols is 1. The minimum atomic E-state index is -0.265. The Morgan fingerprint density at radius 2 is 1.45 bits per heavy atom. The monoisotopic (exact) mass is 320 g/mol. The normalized spacial score (nSPS) is 21.2. The average Bonchev–Trinajstić information content (AvgIpc) is 2.59. The van der Waals surface area contributed by atoms with Crippen molar-refractivity contribution in [1.82, 2.24) is 0 Å². The summed E-state index contributed by atoms with van der Waals surface area (Å²) in [6.07, 6.45) is 13.7. The Balaban J connectivity index is 1.92. The third-order valence-electron chi connectivity index (χ3n) is 5.40. The molecule has 2 nitrogen and oxygen atoms in total. The number of benzene rings is 1. The first-order valence-corrected chi connectivity index (χ1v) is 10.4. The summed E-state index contributed by atoms with van der Waals surface area (Å²) < 4.78 is 5.43. The fourth-order valence-corrected chi connectivity index (χ4v) is 8.09. The molecule has 3 rings (SSSR count). The second kappa shape index (κ2) is 7.68. The van der Waals surface area contributed by atoms with Crippen LogP contribution < -0.4 is 10.0 Å². The van der Waals surface area contributed by atoms with Gasteiger partial charge in [0.1, 0.15) is 11.5 Å². The fourth-order valence-electron chi connectivity index (χ4n) is 4.25. The van der Waals surface area contributed by atoms with Gasteiger partial charge >= 0.3 is 0 Å². The molecule has 2 aliphatic rings. The molecule has 0 spiro atoms. The fraction of sp³-hybridized carbons (Fsp3) is 0.684. The largest absolute Gasteiger partial charge is 0.507 e. The molecule has 2 saturated carbocycles. The lowest BCUT2D eigenvalue weighted by Crippen LogP contribution is -2.26. The Labute approximate surface area is 136 Å². The maximum absolute atomic E-state index is 10.5. The molecule has 0 saturated heterocycles. The lowest BCUT2D eigenvalue weighted by molar-refractivity contribution is 0.413. The first-order valence-electron chi connectivity index (χ1n) is 8.95. The summed E-state index contributed by atoms with van der Waals surface area (Å²) in [5, 5.41) is 11.7. The molecule has 2 fully saturated rings. The van der Waals surface area contributed by atoms with Crippen LogP contribution in [0.2, 0.25) is 0 Å². The molecule has 1 aromatic carbocycles. The van der Waals surface area contributed by atoms with Gasteiger partial charge in [0.05, 0.1) is 7.11 Å². The maximum atomic E-state index is 10.5. The molecule has 0 amide bonds. The summed E-state index contributed by atoms with van der Waals surface area (Å²) in [6.45, 7) is 0. The molecule has 22 heavy (non-hydrogen) atoms. The number of phenolic OH excluding ortho intramolecular Hbond substituents is 1. The second-order valence-electron chi connectivity index (χ2n) is 6.85. The number of aromatic hydroxyl groups is 1. The highest BCUT2D eigenvalue weighted by atomic mass is 31.1. The Kier molecular flexibility index (Phi) is 5.63. The zero-order valence-corrected chi connectivity index (χ0v) is 14.7. The van der Waals surface area contributed by atoms with Crippen molar-refractivity contribution in [2.45, 2.75) is 75.5 Å². The van der Waals surface area contributed by atoms with Crippen LogP contribution in [-0.4, -0.2) is 23.5 Å². The topological polar surface area (TPSA) is 29.5 Å². The molecule has 0 heterocycles. The van der Waals surface area contributed by atoms with Crippen molar-refractivity contribution in [3.63, 3.8) is 0 Å². The molecule has 3 heteroatoms. The number of rotatable bonds is 4. The summed E-state index contributed by atoms with van der Waals surface area (Å²) >= 11 is 0. The minimum Gasteiger partial charge on any atom is -0.507 e. The van der Waals surface area contributed by atoms with Gasteiger partial charge in [-0.25, -0.2) is 0 Å². The van der Waals surface area contributed by atoms with Crippen LogP contribution in [0.1, 0.15) is 64.2 Å². The van der Waals surface area contributed by atoms with Crippen molar-refractivity contribution in [2.75, 3.05) is 7.11 Å². The van der Waals surface area contributed by atoms with E-state index in [1.807, 2.05) is 12.1 Å². The number of methoxy groups -OCH3 is 1. The van der Waals surface area contributed by atoms with E-state index in [-0.39, 0.29) is 7.92 Å². The van der Waals surface area contributed by atoms with Crippen molar-refractivity contribution in [1.29, 1.82) is 0 Å². The molecule has 122 valence electrons. The van der Waals surface area contributed by atoms with Gasteiger partial charge in [0.2, 0.25) is 0 Å². The Morgan fingerprint density at radius 3 is 1.95 bits per heavy atom. The zero-order chi connectivity index (χ0) is 15.4. The molecule has 0 bridgehead atoms. The quantitative estimate of drug-likeness (QED) is 0.775. The van der Waals surface area contributed by atoms with Gasteiger partial charge in [-0.15, -0.1) is 0 Å². The van der Waals surface area contributed by atoms with E-state index in [2.05, 4.69) is 6.07 Å². The summed E-state index contributed by atoms with van der Waals surface area (Å²) in [5.74, 6) is 1.40. The lowest BCUT2D eigenvalue weighted by atomic mass is 9.99. The van der Waals surface area contributed by atoms with Crippen LogP contribution in [0, 0.1) is 0 Å². The number of hydrogen-bond acceptors (Lipinski definition) is 2. The predicted molar refractivity (Wildman–Crippen MR) is 95.0 cm³/mol. The lowest BCUT2D eigenvalue weighted by Gasteiger charge is -2.39. The van der Waals surface area contributed by atoms with Crippen LogP contribution in [0.25, 0.3) is 0 Å². The van der Waals surface area contributed by atoms with Gasteiger partial charge in [0, 0.05) is 5.30 Å². The maximum Gasteiger partial charge on any atom is 0.123 e. The molecule has 0 aliphatic heterocycles. The van der Waals surface area contributed by atoms with E-state index in [9.17, 15) is 5.11 Å². The summed E-state index contributed by atoms with van der Waals surface area (Å²) in [4.78, 5) is 0. The molecule has 0 atom stereocenters. The number of ether oxygens (including phenoxy) is 1. The molecule has 0 radical (unpaired) electrons. The first kappa shape index (κ1) is 16.1. The van der Waals surface area contributed by atoms with Crippen LogP contribution >= 0.6 is 7.92 Å². The Hall–Kier alpha value is -0.750. The van der Waals surface area contributed by atoms with Crippen molar-refractivity contribution in [3.05, 3.63) is 18.2 Å². The van der Waals surface area contributed by atoms with E-state index in [0.717, 1.165) is 17.1 Å². The van der Waals surface area contributed by atoms with E-state index in [0.29, 0.717) is 5.75 Å². The molecular weight excluding hydrogens is 291 g/mol. The molecule has 0 unspecified atom stereocenters. The minimum absolute atomic E-state index is 0.265. The van der Waals surface area contributed by atoms with Gasteiger partial charge in [-0.2, -0.15) is 0 Å². The van der Waals surface area contributed by atoms with Crippen LogP contribution in [0.5, 0.6) is 11.5 Å². The molecule has 1 aromatic rings. The van der Waals surface area contributed by atoms with Gasteiger partial charge in [0.25, 0.3) is 0 Å². The zero-order valence-electron chi connectivity index (χ0n) is 13.8. The van der Waals surface area contributed by atoms with Crippen LogP contribution in [-0.2, 0) is 0 Å². The van der Waals surface area contributed by atoms with Gasteiger partial charge in [-0.3, -0.25) is 0 Å².